The van der Waals surface area contributed by atoms with Crippen LogP contribution in [0.5, 0.6) is 0 Å². The van der Waals surface area contributed by atoms with Gasteiger partial charge in [0.15, 0.2) is 0 Å². The molecule has 0 amide bonds. The second kappa shape index (κ2) is 6.36. The SMILES string of the molecule is C=CC(F)=C(C=C)CCCC#N. The molecule has 0 N–H and O–H groups in total. The fourth-order valence-electron chi connectivity index (χ4n) is 0.808. The Hall–Kier alpha value is -1.36. The number of halogens is 1. The van der Waals surface area contributed by atoms with Gasteiger partial charge < -0.3 is 0 Å². The van der Waals surface area contributed by atoms with E-state index in [2.05, 4.69) is 13.2 Å². The van der Waals surface area contributed by atoms with Crippen molar-refractivity contribution in [3.63, 3.8) is 0 Å². The predicted octanol–water partition coefficient (Wildman–Crippen LogP) is 3.28. The molecule has 0 aromatic heterocycles. The Kier molecular flexibility index (Phi) is 5.64. The lowest BCUT2D eigenvalue weighted by molar-refractivity contribution is 0.647. The largest absolute Gasteiger partial charge is 0.207 e. The summed E-state index contributed by atoms with van der Waals surface area (Å²) in [6.07, 6.45) is 4.29. The van der Waals surface area contributed by atoms with Gasteiger partial charge in [0.05, 0.1) is 6.07 Å². The van der Waals surface area contributed by atoms with Crippen molar-refractivity contribution in [1.82, 2.24) is 0 Å². The molecule has 0 aromatic carbocycles. The first-order valence-electron chi connectivity index (χ1n) is 3.76. The van der Waals surface area contributed by atoms with Gasteiger partial charge in [-0.25, -0.2) is 4.39 Å². The fraction of sp³-hybridized carbons (Fsp3) is 0.300. The van der Waals surface area contributed by atoms with E-state index in [0.717, 1.165) is 6.08 Å². The van der Waals surface area contributed by atoms with Gasteiger partial charge in [-0.15, -0.1) is 0 Å². The van der Waals surface area contributed by atoms with Gasteiger partial charge in [-0.05, 0) is 24.5 Å². The Labute approximate surface area is 72.5 Å². The monoisotopic (exact) mass is 165 g/mol. The summed E-state index contributed by atoms with van der Waals surface area (Å²) in [4.78, 5) is 0. The first kappa shape index (κ1) is 10.6. The molecule has 12 heavy (non-hydrogen) atoms. The van der Waals surface area contributed by atoms with E-state index in [9.17, 15) is 4.39 Å². The zero-order valence-electron chi connectivity index (χ0n) is 7.02. The standard InChI is InChI=1S/C10H12FN/c1-3-9(10(11)4-2)7-5-6-8-12/h3-4H,1-2,5-7H2. The van der Waals surface area contributed by atoms with Crippen LogP contribution >= 0.6 is 0 Å². The normalized spacial score (nSPS) is 11.3. The third-order valence-electron chi connectivity index (χ3n) is 1.47. The number of rotatable bonds is 5. The van der Waals surface area contributed by atoms with Crippen LogP contribution in [0.4, 0.5) is 4.39 Å². The molecule has 0 radical (unpaired) electrons. The van der Waals surface area contributed by atoms with Crippen LogP contribution in [0.1, 0.15) is 19.3 Å². The molecule has 0 bridgehead atoms. The molecule has 0 rings (SSSR count). The molecule has 0 aliphatic rings. The van der Waals surface area contributed by atoms with Crippen LogP contribution < -0.4 is 0 Å². The number of hydrogen-bond donors (Lipinski definition) is 0. The topological polar surface area (TPSA) is 23.8 Å². The molecule has 0 fully saturated rings. The average Bonchev–Trinajstić information content (AvgIpc) is 2.11. The van der Waals surface area contributed by atoms with Crippen molar-refractivity contribution in [2.75, 3.05) is 0 Å². The van der Waals surface area contributed by atoms with E-state index in [1.54, 1.807) is 0 Å². The highest BCUT2D eigenvalue weighted by molar-refractivity contribution is 5.26. The summed E-state index contributed by atoms with van der Waals surface area (Å²) in [6.45, 7) is 6.79. The van der Waals surface area contributed by atoms with Crippen molar-refractivity contribution >= 4 is 0 Å². The van der Waals surface area contributed by atoms with Gasteiger partial charge in [0, 0.05) is 6.42 Å². The van der Waals surface area contributed by atoms with Crippen molar-refractivity contribution in [3.05, 3.63) is 36.7 Å². The van der Waals surface area contributed by atoms with Crippen LogP contribution in [0.2, 0.25) is 0 Å². The Morgan fingerprint density at radius 1 is 1.42 bits per heavy atom. The third-order valence-corrected chi connectivity index (χ3v) is 1.47. The molecule has 0 saturated carbocycles. The molecule has 0 saturated heterocycles. The maximum atomic E-state index is 12.8. The van der Waals surface area contributed by atoms with E-state index < -0.39 is 0 Å². The van der Waals surface area contributed by atoms with Gasteiger partial charge in [-0.2, -0.15) is 5.26 Å². The summed E-state index contributed by atoms with van der Waals surface area (Å²) in [6, 6.07) is 2.00. The first-order valence-corrected chi connectivity index (χ1v) is 3.76. The second-order valence-corrected chi connectivity index (χ2v) is 2.29. The molecule has 0 spiro atoms. The average molecular weight is 165 g/mol. The molecule has 0 unspecified atom stereocenters. The lowest BCUT2D eigenvalue weighted by Crippen LogP contribution is -1.82. The Bertz CT molecular complexity index is 233. The van der Waals surface area contributed by atoms with Crippen LogP contribution in [0.15, 0.2) is 36.7 Å². The third kappa shape index (κ3) is 3.72. The second-order valence-electron chi connectivity index (χ2n) is 2.29. The molecular weight excluding hydrogens is 153 g/mol. The molecule has 64 valence electrons. The summed E-state index contributed by atoms with van der Waals surface area (Å²) < 4.78 is 12.8. The number of hydrogen-bond acceptors (Lipinski definition) is 1. The minimum atomic E-state index is -0.345. The Morgan fingerprint density at radius 3 is 2.50 bits per heavy atom. The molecule has 2 heteroatoms. The van der Waals surface area contributed by atoms with E-state index in [1.807, 2.05) is 6.07 Å². The maximum absolute atomic E-state index is 12.8. The minimum Gasteiger partial charge on any atom is -0.207 e. The smallest absolute Gasteiger partial charge is 0.125 e. The minimum absolute atomic E-state index is 0.345. The Morgan fingerprint density at radius 2 is 2.08 bits per heavy atom. The lowest BCUT2D eigenvalue weighted by Gasteiger charge is -1.99. The van der Waals surface area contributed by atoms with Gasteiger partial charge >= 0.3 is 0 Å². The molecule has 0 aliphatic carbocycles. The predicted molar refractivity (Wildman–Crippen MR) is 48.0 cm³/mol. The van der Waals surface area contributed by atoms with Crippen LogP contribution in [0.25, 0.3) is 0 Å². The van der Waals surface area contributed by atoms with E-state index in [4.69, 9.17) is 5.26 Å². The molecule has 1 nitrogen and oxygen atoms in total. The zero-order valence-corrected chi connectivity index (χ0v) is 7.02. The van der Waals surface area contributed by atoms with Crippen molar-refractivity contribution in [2.45, 2.75) is 19.3 Å². The highest BCUT2D eigenvalue weighted by Crippen LogP contribution is 2.15. The number of nitriles is 1. The fourth-order valence-corrected chi connectivity index (χ4v) is 0.808. The maximum Gasteiger partial charge on any atom is 0.125 e. The summed E-state index contributed by atoms with van der Waals surface area (Å²) in [5.74, 6) is -0.345. The van der Waals surface area contributed by atoms with E-state index >= 15 is 0 Å². The Balaban J connectivity index is 4.10. The summed E-state index contributed by atoms with van der Waals surface area (Å²) in [5, 5.41) is 8.24. The number of unbranched alkanes of at least 4 members (excludes halogenated alkanes) is 1. The van der Waals surface area contributed by atoms with E-state index in [1.165, 1.54) is 6.08 Å². The lowest BCUT2D eigenvalue weighted by atomic mass is 10.1. The van der Waals surface area contributed by atoms with E-state index in [-0.39, 0.29) is 5.83 Å². The summed E-state index contributed by atoms with van der Waals surface area (Å²) in [5.41, 5.74) is 0.528. The summed E-state index contributed by atoms with van der Waals surface area (Å²) >= 11 is 0. The quantitative estimate of drug-likeness (QED) is 0.453. The van der Waals surface area contributed by atoms with Gasteiger partial charge in [0.25, 0.3) is 0 Å². The van der Waals surface area contributed by atoms with Crippen LogP contribution in [-0.4, -0.2) is 0 Å². The molecule has 0 atom stereocenters. The molecular formula is C10H12FN. The van der Waals surface area contributed by atoms with Crippen molar-refractivity contribution in [1.29, 1.82) is 5.26 Å². The van der Waals surface area contributed by atoms with Gasteiger partial charge in [0.2, 0.25) is 0 Å². The molecule has 0 heterocycles. The number of nitrogens with zero attached hydrogens (tertiary/aromatic N) is 1. The molecule has 0 aromatic rings. The summed E-state index contributed by atoms with van der Waals surface area (Å²) in [7, 11) is 0. The van der Waals surface area contributed by atoms with Gasteiger partial charge in [0.1, 0.15) is 5.83 Å². The van der Waals surface area contributed by atoms with Crippen molar-refractivity contribution in [3.8, 4) is 6.07 Å². The van der Waals surface area contributed by atoms with Crippen molar-refractivity contribution in [2.24, 2.45) is 0 Å². The van der Waals surface area contributed by atoms with Gasteiger partial charge in [-0.1, -0.05) is 19.2 Å². The van der Waals surface area contributed by atoms with Gasteiger partial charge in [-0.3, -0.25) is 0 Å². The van der Waals surface area contributed by atoms with Crippen LogP contribution in [0, 0.1) is 11.3 Å². The van der Waals surface area contributed by atoms with Crippen molar-refractivity contribution < 1.29 is 4.39 Å². The number of allylic oxidation sites excluding steroid dienone is 4. The van der Waals surface area contributed by atoms with Crippen LogP contribution in [-0.2, 0) is 0 Å². The van der Waals surface area contributed by atoms with E-state index in [0.29, 0.717) is 24.8 Å². The first-order chi connectivity index (χ1) is 5.76. The highest BCUT2D eigenvalue weighted by atomic mass is 19.1. The zero-order chi connectivity index (χ0) is 9.40. The van der Waals surface area contributed by atoms with Crippen LogP contribution in [0.3, 0.4) is 0 Å². The molecule has 0 aliphatic heterocycles. The highest BCUT2D eigenvalue weighted by Gasteiger charge is 1.98.